The smallest absolute Gasteiger partial charge is 0.337 e. The van der Waals surface area contributed by atoms with Gasteiger partial charge in [0, 0.05) is 35.5 Å². The third-order valence-electron chi connectivity index (χ3n) is 8.36. The van der Waals surface area contributed by atoms with Gasteiger partial charge in [0.05, 0.1) is 17.9 Å². The van der Waals surface area contributed by atoms with Crippen LogP contribution in [0.3, 0.4) is 0 Å². The zero-order valence-corrected chi connectivity index (χ0v) is 23.4. The Bertz CT molecular complexity index is 1590. The van der Waals surface area contributed by atoms with Crippen molar-refractivity contribution in [1.29, 1.82) is 0 Å². The molecule has 1 N–H and O–H groups in total. The summed E-state index contributed by atoms with van der Waals surface area (Å²) in [6, 6.07) is 16.6. The average molecular weight is 543 g/mol. The minimum Gasteiger partial charge on any atom is -0.479 e. The minimum atomic E-state index is -1.15. The van der Waals surface area contributed by atoms with Crippen molar-refractivity contribution in [3.8, 4) is 22.4 Å². The van der Waals surface area contributed by atoms with E-state index in [4.69, 9.17) is 14.8 Å². The summed E-state index contributed by atoms with van der Waals surface area (Å²) in [6.07, 6.45) is 2.02. The minimum absolute atomic E-state index is 0.183. The third-order valence-corrected chi connectivity index (χ3v) is 8.36. The van der Waals surface area contributed by atoms with Gasteiger partial charge in [-0.2, -0.15) is 9.61 Å². The van der Waals surface area contributed by atoms with Crippen molar-refractivity contribution < 1.29 is 19.0 Å². The molecule has 4 heterocycles. The van der Waals surface area contributed by atoms with Crippen LogP contribution in [0.4, 0.5) is 10.2 Å². The zero-order chi connectivity index (χ0) is 28.2. The second kappa shape index (κ2) is 10.0. The molecular formula is C32H35FN4O3. The maximum absolute atomic E-state index is 14.6. The van der Waals surface area contributed by atoms with Crippen molar-refractivity contribution >= 4 is 17.4 Å². The number of halogens is 1. The number of carboxylic acid groups (broad SMARTS) is 1. The molecule has 0 spiro atoms. The summed E-state index contributed by atoms with van der Waals surface area (Å²) in [7, 11) is 0. The quantitative estimate of drug-likeness (QED) is 0.267. The van der Waals surface area contributed by atoms with E-state index in [1.54, 1.807) is 16.6 Å². The predicted molar refractivity (Wildman–Crippen MR) is 153 cm³/mol. The lowest BCUT2D eigenvalue weighted by atomic mass is 9.61. The highest BCUT2D eigenvalue weighted by Crippen LogP contribution is 2.52. The lowest BCUT2D eigenvalue weighted by Crippen LogP contribution is -2.57. The van der Waals surface area contributed by atoms with Crippen LogP contribution in [-0.2, 0) is 9.53 Å². The molecule has 2 aromatic heterocycles. The van der Waals surface area contributed by atoms with Crippen LogP contribution >= 0.6 is 0 Å². The molecule has 1 saturated carbocycles. The number of fused-ring (bicyclic) bond motifs is 3. The summed E-state index contributed by atoms with van der Waals surface area (Å²) in [5.41, 5.74) is 4.98. The standard InChI is InChI=1S/C32H35FN4O3/c1-19(2)18-40-29(31(38)39)28-20(3)34-27-15-26(22-9-7-8-21(14-22)24-10-5-6-11-25(24)33)35-37(27)30(28)36-13-12-32(4)16-23(36)17-32/h5-11,14-15,19,23,29H,12-13,16-18H2,1-4H3,(H,38,39). The first-order valence-corrected chi connectivity index (χ1v) is 14.0. The molecule has 4 aromatic rings. The van der Waals surface area contributed by atoms with Crippen molar-refractivity contribution in [1.82, 2.24) is 14.6 Å². The molecule has 7 rings (SSSR count). The van der Waals surface area contributed by atoms with Crippen LogP contribution in [-0.4, -0.2) is 44.9 Å². The Morgan fingerprint density at radius 1 is 1.15 bits per heavy atom. The summed E-state index contributed by atoms with van der Waals surface area (Å²) in [5.74, 6) is -0.381. The highest BCUT2D eigenvalue weighted by molar-refractivity contribution is 5.79. The second-order valence-electron chi connectivity index (χ2n) is 12.1. The van der Waals surface area contributed by atoms with E-state index in [0.717, 1.165) is 42.8 Å². The molecule has 3 aliphatic rings. The van der Waals surface area contributed by atoms with Gasteiger partial charge in [0.2, 0.25) is 0 Å². The molecule has 7 nitrogen and oxygen atoms in total. The molecular weight excluding hydrogens is 507 g/mol. The number of nitrogens with zero attached hydrogens (tertiary/aromatic N) is 4. The lowest BCUT2D eigenvalue weighted by Gasteiger charge is -2.57. The first-order chi connectivity index (χ1) is 19.1. The molecule has 2 aromatic carbocycles. The van der Waals surface area contributed by atoms with Gasteiger partial charge in [-0.15, -0.1) is 0 Å². The van der Waals surface area contributed by atoms with Crippen molar-refractivity contribution in [3.63, 3.8) is 0 Å². The summed E-state index contributed by atoms with van der Waals surface area (Å²) < 4.78 is 22.3. The Kier molecular flexibility index (Phi) is 6.61. The molecule has 0 radical (unpaired) electrons. The van der Waals surface area contributed by atoms with E-state index in [1.165, 1.54) is 6.07 Å². The average Bonchev–Trinajstić information content (AvgIpc) is 3.32. The molecule has 3 fully saturated rings. The van der Waals surface area contributed by atoms with Gasteiger partial charge in [-0.3, -0.25) is 0 Å². The van der Waals surface area contributed by atoms with E-state index in [2.05, 4.69) is 11.8 Å². The number of carbonyl (C=O) groups is 1. The van der Waals surface area contributed by atoms with E-state index < -0.39 is 12.1 Å². The van der Waals surface area contributed by atoms with Gasteiger partial charge in [-0.25, -0.2) is 14.2 Å². The maximum atomic E-state index is 14.6. The molecule has 0 amide bonds. The molecule has 208 valence electrons. The number of carboxylic acids is 1. The molecule has 1 unspecified atom stereocenters. The second-order valence-corrected chi connectivity index (χ2v) is 12.1. The number of benzene rings is 2. The van der Waals surface area contributed by atoms with Crippen LogP contribution < -0.4 is 4.90 Å². The van der Waals surface area contributed by atoms with Crippen LogP contribution in [0, 0.1) is 24.1 Å². The van der Waals surface area contributed by atoms with Gasteiger partial charge in [0.1, 0.15) is 11.6 Å². The van der Waals surface area contributed by atoms with Crippen molar-refractivity contribution in [2.75, 3.05) is 18.1 Å². The Labute approximate surface area is 233 Å². The van der Waals surface area contributed by atoms with E-state index in [-0.39, 0.29) is 11.7 Å². The number of aliphatic carboxylic acids is 1. The van der Waals surface area contributed by atoms with Crippen LogP contribution in [0.15, 0.2) is 54.6 Å². The number of piperidine rings is 2. The van der Waals surface area contributed by atoms with Crippen molar-refractivity contribution in [3.05, 3.63) is 71.7 Å². The fourth-order valence-electron chi connectivity index (χ4n) is 6.30. The molecule has 2 bridgehead atoms. The lowest BCUT2D eigenvalue weighted by molar-refractivity contribution is -0.151. The number of rotatable bonds is 8. The number of aryl methyl sites for hydroxylation is 1. The van der Waals surface area contributed by atoms with E-state index >= 15 is 0 Å². The Balaban J connectivity index is 1.50. The van der Waals surface area contributed by atoms with E-state index in [1.807, 2.05) is 57.2 Å². The van der Waals surface area contributed by atoms with Crippen molar-refractivity contribution in [2.45, 2.75) is 59.1 Å². The predicted octanol–water partition coefficient (Wildman–Crippen LogP) is 6.69. The number of hydrogen-bond acceptors (Lipinski definition) is 5. The maximum Gasteiger partial charge on any atom is 0.337 e. The molecule has 8 heteroatoms. The third kappa shape index (κ3) is 4.64. The highest BCUT2D eigenvalue weighted by atomic mass is 19.1. The van der Waals surface area contributed by atoms with Gasteiger partial charge >= 0.3 is 5.97 Å². The summed E-state index contributed by atoms with van der Waals surface area (Å²) in [5, 5.41) is 15.3. The summed E-state index contributed by atoms with van der Waals surface area (Å²) in [6.45, 7) is 9.33. The Morgan fingerprint density at radius 2 is 1.90 bits per heavy atom. The monoisotopic (exact) mass is 542 g/mol. The SMILES string of the molecule is Cc1nc2cc(-c3cccc(-c4ccccc4F)c3)nn2c(N2CCC3(C)CC2C3)c1C(OCC(C)C)C(=O)O. The van der Waals surface area contributed by atoms with E-state index in [0.29, 0.717) is 46.2 Å². The largest absolute Gasteiger partial charge is 0.479 e. The van der Waals surface area contributed by atoms with Crippen LogP contribution in [0.5, 0.6) is 0 Å². The molecule has 40 heavy (non-hydrogen) atoms. The first kappa shape index (κ1) is 26.4. The Morgan fingerprint density at radius 3 is 2.58 bits per heavy atom. The number of ether oxygens (including phenoxy) is 1. The van der Waals surface area contributed by atoms with Crippen LogP contribution in [0.25, 0.3) is 28.0 Å². The molecule has 2 saturated heterocycles. The van der Waals surface area contributed by atoms with Gasteiger partial charge in [0.25, 0.3) is 0 Å². The number of anilines is 1. The van der Waals surface area contributed by atoms with Crippen molar-refractivity contribution in [2.24, 2.45) is 11.3 Å². The molecule has 2 aliphatic heterocycles. The molecule has 1 atom stereocenters. The van der Waals surface area contributed by atoms with E-state index in [9.17, 15) is 14.3 Å². The first-order valence-electron chi connectivity index (χ1n) is 14.0. The van der Waals surface area contributed by atoms with Crippen LogP contribution in [0.2, 0.25) is 0 Å². The normalized spacial score (nSPS) is 21.1. The summed E-state index contributed by atoms with van der Waals surface area (Å²) in [4.78, 5) is 19.7. The fourth-order valence-corrected chi connectivity index (χ4v) is 6.30. The number of aromatic nitrogens is 3. The van der Waals surface area contributed by atoms with Crippen LogP contribution in [0.1, 0.15) is 57.4 Å². The summed E-state index contributed by atoms with van der Waals surface area (Å²) >= 11 is 0. The highest BCUT2D eigenvalue weighted by Gasteiger charge is 2.49. The fraction of sp³-hybridized carbons (Fsp3) is 0.406. The zero-order valence-electron chi connectivity index (χ0n) is 23.4. The van der Waals surface area contributed by atoms with Gasteiger partial charge in [-0.05, 0) is 55.2 Å². The topological polar surface area (TPSA) is 80.0 Å². The van der Waals surface area contributed by atoms with Gasteiger partial charge < -0.3 is 14.7 Å². The number of hydrogen-bond donors (Lipinski definition) is 1. The van der Waals surface area contributed by atoms with Gasteiger partial charge in [-0.1, -0.05) is 57.2 Å². The molecule has 1 aliphatic carbocycles. The van der Waals surface area contributed by atoms with Gasteiger partial charge in [0.15, 0.2) is 11.8 Å². The Hall–Kier alpha value is -3.78.